The zero-order valence-electron chi connectivity index (χ0n) is 16.4. The summed E-state index contributed by atoms with van der Waals surface area (Å²) in [5, 5.41) is 12.0. The molecule has 0 saturated heterocycles. The predicted octanol–water partition coefficient (Wildman–Crippen LogP) is 5.07. The van der Waals surface area contributed by atoms with Gasteiger partial charge in [0.25, 0.3) is 5.91 Å². The van der Waals surface area contributed by atoms with Crippen LogP contribution in [0.25, 0.3) is 6.08 Å². The van der Waals surface area contributed by atoms with Crippen molar-refractivity contribution in [2.45, 2.75) is 11.8 Å². The van der Waals surface area contributed by atoms with Crippen LogP contribution in [0.1, 0.15) is 11.1 Å². The van der Waals surface area contributed by atoms with Gasteiger partial charge < -0.3 is 9.50 Å². The molecule has 6 nitrogen and oxygen atoms in total. The van der Waals surface area contributed by atoms with Gasteiger partial charge in [-0.2, -0.15) is 13.7 Å². The molecule has 0 radical (unpaired) electrons. The standard InChI is InChI=1S/C23H17BrN2O4S/c1-16-5-11-22(12-6-16)31(28,29)30-21-4-2-3-17(14-21)13-18(15-25)23(27)26-20-9-7-19(24)8-10-20/h2-14H,1H3,(H,26,27)/b18-13-. The molecule has 0 aliphatic heterocycles. The minimum atomic E-state index is -4.01. The summed E-state index contributed by atoms with van der Waals surface area (Å²) in [7, 11) is -4.01. The molecule has 1 amide bonds. The highest BCUT2D eigenvalue weighted by molar-refractivity contribution is 9.10. The number of rotatable bonds is 6. The molecule has 0 fully saturated rings. The first-order chi connectivity index (χ1) is 14.8. The van der Waals surface area contributed by atoms with E-state index in [0.717, 1.165) is 10.0 Å². The van der Waals surface area contributed by atoms with Gasteiger partial charge in [0.2, 0.25) is 0 Å². The van der Waals surface area contributed by atoms with Crippen molar-refractivity contribution in [3.8, 4) is 11.8 Å². The van der Waals surface area contributed by atoms with E-state index in [0.29, 0.717) is 11.3 Å². The van der Waals surface area contributed by atoms with Gasteiger partial charge in [-0.1, -0.05) is 45.8 Å². The Labute approximate surface area is 189 Å². The lowest BCUT2D eigenvalue weighted by atomic mass is 10.1. The highest BCUT2D eigenvalue weighted by Gasteiger charge is 2.17. The molecule has 0 unspecified atom stereocenters. The second-order valence-electron chi connectivity index (χ2n) is 6.55. The quantitative estimate of drug-likeness (QED) is 0.292. The Morgan fingerprint density at radius 3 is 2.39 bits per heavy atom. The zero-order valence-corrected chi connectivity index (χ0v) is 18.8. The third-order valence-electron chi connectivity index (χ3n) is 4.15. The molecule has 8 heteroatoms. The molecule has 0 aliphatic carbocycles. The van der Waals surface area contributed by atoms with Crippen LogP contribution >= 0.6 is 15.9 Å². The first-order valence-corrected chi connectivity index (χ1v) is 11.3. The Kier molecular flexibility index (Phi) is 6.90. The topological polar surface area (TPSA) is 96.3 Å². The fourth-order valence-corrected chi connectivity index (χ4v) is 3.77. The van der Waals surface area contributed by atoms with Crippen LogP contribution in [-0.4, -0.2) is 14.3 Å². The zero-order chi connectivity index (χ0) is 22.4. The predicted molar refractivity (Wildman–Crippen MR) is 122 cm³/mol. The maximum Gasteiger partial charge on any atom is 0.339 e. The fraction of sp³-hybridized carbons (Fsp3) is 0.0435. The Balaban J connectivity index is 1.80. The minimum Gasteiger partial charge on any atom is -0.379 e. The molecule has 0 spiro atoms. The second-order valence-corrected chi connectivity index (χ2v) is 9.02. The largest absolute Gasteiger partial charge is 0.379 e. The average Bonchev–Trinajstić information content (AvgIpc) is 2.74. The molecule has 0 aliphatic rings. The molecule has 1 N–H and O–H groups in total. The van der Waals surface area contributed by atoms with Gasteiger partial charge in [-0.25, -0.2) is 0 Å². The summed E-state index contributed by atoms with van der Waals surface area (Å²) >= 11 is 3.31. The third kappa shape index (κ3) is 6.04. The van der Waals surface area contributed by atoms with E-state index in [1.165, 1.54) is 30.3 Å². The number of hydrogen-bond acceptors (Lipinski definition) is 5. The number of amides is 1. The smallest absolute Gasteiger partial charge is 0.339 e. The van der Waals surface area contributed by atoms with E-state index in [1.807, 2.05) is 13.0 Å². The van der Waals surface area contributed by atoms with Gasteiger partial charge in [0.1, 0.15) is 22.3 Å². The molecule has 0 saturated carbocycles. The van der Waals surface area contributed by atoms with Crippen LogP contribution in [0.5, 0.6) is 5.75 Å². The summed E-state index contributed by atoms with van der Waals surface area (Å²) in [5.41, 5.74) is 1.77. The van der Waals surface area contributed by atoms with E-state index >= 15 is 0 Å². The molecule has 3 aromatic carbocycles. The highest BCUT2D eigenvalue weighted by atomic mass is 79.9. The monoisotopic (exact) mass is 496 g/mol. The number of aryl methyl sites for hydroxylation is 1. The molecule has 0 bridgehead atoms. The average molecular weight is 497 g/mol. The first kappa shape index (κ1) is 22.3. The third-order valence-corrected chi connectivity index (χ3v) is 5.94. The van der Waals surface area contributed by atoms with Crippen molar-refractivity contribution >= 4 is 43.7 Å². The van der Waals surface area contributed by atoms with Crippen LogP contribution in [0.2, 0.25) is 0 Å². The van der Waals surface area contributed by atoms with Gasteiger partial charge >= 0.3 is 10.1 Å². The van der Waals surface area contributed by atoms with Gasteiger partial charge in [0.05, 0.1) is 0 Å². The van der Waals surface area contributed by atoms with Crippen molar-refractivity contribution < 1.29 is 17.4 Å². The SMILES string of the molecule is Cc1ccc(S(=O)(=O)Oc2cccc(/C=C(/C#N)C(=O)Nc3ccc(Br)cc3)c2)cc1. The van der Waals surface area contributed by atoms with Crippen molar-refractivity contribution in [2.75, 3.05) is 5.32 Å². The van der Waals surface area contributed by atoms with Crippen LogP contribution < -0.4 is 9.50 Å². The number of nitriles is 1. The highest BCUT2D eigenvalue weighted by Crippen LogP contribution is 2.22. The van der Waals surface area contributed by atoms with Crippen LogP contribution in [0.15, 0.2) is 87.7 Å². The van der Waals surface area contributed by atoms with E-state index in [4.69, 9.17) is 4.18 Å². The van der Waals surface area contributed by atoms with Crippen LogP contribution in [0.3, 0.4) is 0 Å². The van der Waals surface area contributed by atoms with Crippen molar-refractivity contribution in [2.24, 2.45) is 0 Å². The number of anilines is 1. The summed E-state index contributed by atoms with van der Waals surface area (Å²) in [4.78, 5) is 12.5. The summed E-state index contributed by atoms with van der Waals surface area (Å²) in [5.74, 6) is -0.511. The molecule has 156 valence electrons. The number of hydrogen-bond donors (Lipinski definition) is 1. The molecular formula is C23H17BrN2O4S. The maximum atomic E-state index is 12.5. The number of carbonyl (C=O) groups excluding carboxylic acids is 1. The molecule has 31 heavy (non-hydrogen) atoms. The van der Waals surface area contributed by atoms with E-state index in [-0.39, 0.29) is 16.2 Å². The number of nitrogens with zero attached hydrogens (tertiary/aromatic N) is 1. The first-order valence-electron chi connectivity index (χ1n) is 9.07. The molecular weight excluding hydrogens is 480 g/mol. The van der Waals surface area contributed by atoms with Crippen molar-refractivity contribution in [3.05, 3.63) is 94.0 Å². The van der Waals surface area contributed by atoms with Crippen LogP contribution in [-0.2, 0) is 14.9 Å². The lowest BCUT2D eigenvalue weighted by molar-refractivity contribution is -0.112. The summed E-state index contributed by atoms with van der Waals surface area (Å²) < 4.78 is 31.0. The van der Waals surface area contributed by atoms with Gasteiger partial charge in [-0.05, 0) is 67.1 Å². The van der Waals surface area contributed by atoms with Gasteiger partial charge in [0.15, 0.2) is 0 Å². The van der Waals surface area contributed by atoms with Crippen molar-refractivity contribution in [3.63, 3.8) is 0 Å². The van der Waals surface area contributed by atoms with E-state index in [1.54, 1.807) is 48.5 Å². The fourth-order valence-electron chi connectivity index (χ4n) is 2.58. The lowest BCUT2D eigenvalue weighted by Gasteiger charge is -2.08. The van der Waals surface area contributed by atoms with Gasteiger partial charge in [0, 0.05) is 10.2 Å². The van der Waals surface area contributed by atoms with E-state index in [2.05, 4.69) is 21.2 Å². The summed E-state index contributed by atoms with van der Waals surface area (Å²) in [6.07, 6.45) is 1.36. The number of nitrogens with one attached hydrogen (secondary N) is 1. The Bertz CT molecular complexity index is 1280. The molecule has 3 aromatic rings. The lowest BCUT2D eigenvalue weighted by Crippen LogP contribution is -2.13. The molecule has 0 aromatic heterocycles. The van der Waals surface area contributed by atoms with Crippen molar-refractivity contribution in [1.82, 2.24) is 0 Å². The second kappa shape index (κ2) is 9.60. The minimum absolute atomic E-state index is 0.0330. The Morgan fingerprint density at radius 1 is 1.06 bits per heavy atom. The molecule has 3 rings (SSSR count). The maximum absolute atomic E-state index is 12.5. The van der Waals surface area contributed by atoms with Gasteiger partial charge in [-0.15, -0.1) is 0 Å². The van der Waals surface area contributed by atoms with Crippen LogP contribution in [0, 0.1) is 18.3 Å². The van der Waals surface area contributed by atoms with Crippen LogP contribution in [0.4, 0.5) is 5.69 Å². The van der Waals surface area contributed by atoms with Gasteiger partial charge in [-0.3, -0.25) is 4.79 Å². The summed E-state index contributed by atoms with van der Waals surface area (Å²) in [6.45, 7) is 1.85. The molecule has 0 atom stereocenters. The van der Waals surface area contributed by atoms with Crippen molar-refractivity contribution in [1.29, 1.82) is 5.26 Å². The Hall–Kier alpha value is -3.41. The Morgan fingerprint density at radius 2 is 1.74 bits per heavy atom. The number of benzene rings is 3. The number of halogens is 1. The van der Waals surface area contributed by atoms with E-state index < -0.39 is 16.0 Å². The molecule has 0 heterocycles. The number of carbonyl (C=O) groups is 1. The van der Waals surface area contributed by atoms with E-state index in [9.17, 15) is 18.5 Å². The normalized spacial score (nSPS) is 11.5. The summed E-state index contributed by atoms with van der Waals surface area (Å²) in [6, 6.07) is 21.2.